The fraction of sp³-hybridized carbons (Fsp3) is 0.517. The minimum Gasteiger partial charge on any atom is -0.405 e. The number of aliphatic hydroxyl groups excluding tert-OH is 1. The Morgan fingerprint density at radius 2 is 1.91 bits per heavy atom. The van der Waals surface area contributed by atoms with Crippen LogP contribution < -0.4 is 16.8 Å². The first-order valence-electron chi connectivity index (χ1n) is 12.7. The molecule has 5 heteroatoms. The van der Waals surface area contributed by atoms with E-state index in [1.807, 2.05) is 32.3 Å². The van der Waals surface area contributed by atoms with Crippen molar-refractivity contribution in [3.8, 4) is 0 Å². The van der Waals surface area contributed by atoms with Crippen LogP contribution in [-0.2, 0) is 0 Å². The maximum atomic E-state index is 12.1. The van der Waals surface area contributed by atoms with Crippen molar-refractivity contribution in [2.24, 2.45) is 23.0 Å². The second-order valence-corrected chi connectivity index (χ2v) is 10.7. The van der Waals surface area contributed by atoms with Crippen LogP contribution in [0.4, 0.5) is 5.69 Å². The van der Waals surface area contributed by atoms with Gasteiger partial charge >= 0.3 is 0 Å². The molecule has 7 N–H and O–H groups in total. The van der Waals surface area contributed by atoms with Gasteiger partial charge in [-0.2, -0.15) is 0 Å². The number of nitrogen functional groups attached to an aromatic ring is 1. The van der Waals surface area contributed by atoms with Crippen LogP contribution in [0.1, 0.15) is 63.0 Å². The molecule has 1 aromatic carbocycles. The van der Waals surface area contributed by atoms with E-state index >= 15 is 0 Å². The standard InChI is InChI=1S/C27H34N2O2.C2H7N/c1-26-11-9-21-14-20-15-22(30)5-4-17(20)8-12-27(21,31)25(26)7-6-23(26)19-3-2-18(10-13-28)24(29)16-19;1-3-2/h2-3,6,9-10,13-14,16-17,22,25,30-31H,4-5,7-8,11-12,15,28-29H2,1H3;3H,1-2H3/b13-10-;/t17?,22?,25?,26?,27-;/m1./s1. The minimum absolute atomic E-state index is 0.122. The monoisotopic (exact) mass is 463 g/mol. The third-order valence-electron chi connectivity index (χ3n) is 8.50. The predicted molar refractivity (Wildman–Crippen MR) is 142 cm³/mol. The summed E-state index contributed by atoms with van der Waals surface area (Å²) in [4.78, 5) is 0. The third-order valence-corrected chi connectivity index (χ3v) is 8.50. The lowest BCUT2D eigenvalue weighted by atomic mass is 9.58. The maximum Gasteiger partial charge on any atom is 0.0933 e. The molecule has 5 atom stereocenters. The van der Waals surface area contributed by atoms with Gasteiger partial charge < -0.3 is 27.0 Å². The molecule has 4 unspecified atom stereocenters. The topological polar surface area (TPSA) is 105 Å². The zero-order valence-corrected chi connectivity index (χ0v) is 20.8. The zero-order chi connectivity index (χ0) is 24.5. The van der Waals surface area contributed by atoms with Crippen molar-refractivity contribution >= 4 is 17.3 Å². The molecule has 0 radical (unpaired) electrons. The summed E-state index contributed by atoms with van der Waals surface area (Å²) in [5, 5.41) is 25.0. The van der Waals surface area contributed by atoms with Crippen LogP contribution >= 0.6 is 0 Å². The zero-order valence-electron chi connectivity index (χ0n) is 20.8. The molecule has 5 nitrogen and oxygen atoms in total. The second kappa shape index (κ2) is 9.73. The number of nitrogens with two attached hydrogens (primary N) is 2. The van der Waals surface area contributed by atoms with Crippen LogP contribution in [-0.4, -0.2) is 36.0 Å². The van der Waals surface area contributed by atoms with E-state index in [-0.39, 0.29) is 17.4 Å². The summed E-state index contributed by atoms with van der Waals surface area (Å²) in [5.41, 5.74) is 17.4. The van der Waals surface area contributed by atoms with Gasteiger partial charge in [0.15, 0.2) is 0 Å². The first kappa shape index (κ1) is 24.8. The van der Waals surface area contributed by atoms with Crippen LogP contribution in [0.2, 0.25) is 0 Å². The Labute approximate surface area is 204 Å². The number of allylic oxidation sites excluding steroid dienone is 3. The molecule has 0 aliphatic heterocycles. The van der Waals surface area contributed by atoms with Gasteiger partial charge in [0.1, 0.15) is 0 Å². The Balaban J connectivity index is 0.000000868. The molecule has 0 amide bonds. The summed E-state index contributed by atoms with van der Waals surface area (Å²) < 4.78 is 0. The van der Waals surface area contributed by atoms with Crippen molar-refractivity contribution < 1.29 is 10.2 Å². The highest BCUT2D eigenvalue weighted by molar-refractivity contribution is 5.78. The number of rotatable bonds is 2. The number of anilines is 1. The van der Waals surface area contributed by atoms with Crippen LogP contribution in [0.5, 0.6) is 0 Å². The molecule has 34 heavy (non-hydrogen) atoms. The number of hydrogen-bond donors (Lipinski definition) is 5. The van der Waals surface area contributed by atoms with E-state index < -0.39 is 5.60 Å². The third kappa shape index (κ3) is 4.26. The fourth-order valence-corrected chi connectivity index (χ4v) is 6.76. The largest absolute Gasteiger partial charge is 0.405 e. The normalized spacial score (nSPS) is 34.5. The molecule has 184 valence electrons. The smallest absolute Gasteiger partial charge is 0.0933 e. The fourth-order valence-electron chi connectivity index (χ4n) is 6.76. The Morgan fingerprint density at radius 3 is 2.62 bits per heavy atom. The Morgan fingerprint density at radius 1 is 1.15 bits per heavy atom. The van der Waals surface area contributed by atoms with Gasteiger partial charge in [-0.05, 0) is 106 Å². The molecule has 4 aliphatic carbocycles. The van der Waals surface area contributed by atoms with Crippen LogP contribution in [0.3, 0.4) is 0 Å². The van der Waals surface area contributed by atoms with Crippen LogP contribution in [0, 0.1) is 17.3 Å². The highest BCUT2D eigenvalue weighted by Gasteiger charge is 2.55. The molecule has 1 aromatic rings. The van der Waals surface area contributed by atoms with Gasteiger partial charge in [-0.15, -0.1) is 0 Å². The van der Waals surface area contributed by atoms with Crippen LogP contribution in [0.25, 0.3) is 11.6 Å². The quantitative estimate of drug-likeness (QED) is 0.419. The Hall–Kier alpha value is -2.34. The van der Waals surface area contributed by atoms with E-state index in [0.717, 1.165) is 67.3 Å². The maximum absolute atomic E-state index is 12.1. The van der Waals surface area contributed by atoms with Gasteiger partial charge in [-0.1, -0.05) is 42.9 Å². The Kier molecular flexibility index (Phi) is 7.09. The van der Waals surface area contributed by atoms with E-state index in [4.69, 9.17) is 11.5 Å². The lowest BCUT2D eigenvalue weighted by Gasteiger charge is -2.48. The van der Waals surface area contributed by atoms with E-state index in [2.05, 4.69) is 36.5 Å². The van der Waals surface area contributed by atoms with E-state index in [0.29, 0.717) is 5.92 Å². The minimum atomic E-state index is -0.811. The van der Waals surface area contributed by atoms with Gasteiger partial charge in [0.25, 0.3) is 0 Å². The number of nitrogens with one attached hydrogen (secondary N) is 1. The molecule has 0 aromatic heterocycles. The highest BCUT2D eigenvalue weighted by atomic mass is 16.3. The van der Waals surface area contributed by atoms with Gasteiger partial charge in [-0.25, -0.2) is 0 Å². The summed E-state index contributed by atoms with van der Waals surface area (Å²) in [5.74, 6) is 0.656. The van der Waals surface area contributed by atoms with Gasteiger partial charge in [0.05, 0.1) is 11.7 Å². The van der Waals surface area contributed by atoms with Crippen molar-refractivity contribution in [3.63, 3.8) is 0 Å². The number of fused-ring (bicyclic) bond motifs is 4. The molecule has 0 spiro atoms. The van der Waals surface area contributed by atoms with Crippen molar-refractivity contribution in [1.82, 2.24) is 5.32 Å². The van der Waals surface area contributed by atoms with Gasteiger partial charge in [0.2, 0.25) is 0 Å². The molecule has 0 saturated heterocycles. The average Bonchev–Trinajstić information content (AvgIpc) is 3.08. The summed E-state index contributed by atoms with van der Waals surface area (Å²) >= 11 is 0. The molecule has 1 fully saturated rings. The summed E-state index contributed by atoms with van der Waals surface area (Å²) in [7, 11) is 3.75. The van der Waals surface area contributed by atoms with E-state index in [1.165, 1.54) is 17.3 Å². The molecular weight excluding hydrogens is 422 g/mol. The van der Waals surface area contributed by atoms with Crippen molar-refractivity contribution in [2.45, 2.75) is 63.6 Å². The predicted octanol–water partition coefficient (Wildman–Crippen LogP) is 4.39. The molecule has 0 heterocycles. The SMILES string of the molecule is CC12CC=C3C=C4CC(O)CCC4CC[C@]3(O)C1CC=C2c1ccc(/C=C\N)c(N)c1.CNC. The molecule has 0 bridgehead atoms. The van der Waals surface area contributed by atoms with Crippen molar-refractivity contribution in [1.29, 1.82) is 0 Å². The first-order valence-corrected chi connectivity index (χ1v) is 12.7. The highest BCUT2D eigenvalue weighted by Crippen LogP contribution is 2.61. The van der Waals surface area contributed by atoms with Crippen LogP contribution in [0.15, 0.2) is 53.8 Å². The molecule has 5 rings (SSSR count). The molecule has 1 saturated carbocycles. The van der Waals surface area contributed by atoms with E-state index in [9.17, 15) is 10.2 Å². The second-order valence-electron chi connectivity index (χ2n) is 10.7. The number of benzene rings is 1. The average molecular weight is 464 g/mol. The lowest BCUT2D eigenvalue weighted by molar-refractivity contribution is -0.0330. The lowest BCUT2D eigenvalue weighted by Crippen LogP contribution is -2.48. The summed E-state index contributed by atoms with van der Waals surface area (Å²) in [6.07, 6.45) is 16.2. The van der Waals surface area contributed by atoms with E-state index in [1.54, 1.807) is 0 Å². The number of aliphatic hydroxyl groups is 2. The van der Waals surface area contributed by atoms with Crippen molar-refractivity contribution in [3.05, 3.63) is 64.9 Å². The molecular formula is C29H41N3O2. The van der Waals surface area contributed by atoms with Gasteiger partial charge in [0, 0.05) is 17.0 Å². The Bertz CT molecular complexity index is 1040. The van der Waals surface area contributed by atoms with Gasteiger partial charge in [-0.3, -0.25) is 0 Å². The summed E-state index contributed by atoms with van der Waals surface area (Å²) in [6.45, 7) is 2.31. The number of hydrogen-bond acceptors (Lipinski definition) is 5. The summed E-state index contributed by atoms with van der Waals surface area (Å²) in [6, 6.07) is 6.19. The molecule has 4 aliphatic rings. The van der Waals surface area contributed by atoms with Crippen molar-refractivity contribution in [2.75, 3.05) is 19.8 Å². The first-order chi connectivity index (χ1) is 16.3.